The van der Waals surface area contributed by atoms with Gasteiger partial charge in [-0.2, -0.15) is 0 Å². The van der Waals surface area contributed by atoms with Crippen LogP contribution in [0.3, 0.4) is 0 Å². The van der Waals surface area contributed by atoms with E-state index in [0.717, 1.165) is 50.6 Å². The predicted molar refractivity (Wildman–Crippen MR) is 323 cm³/mol. The van der Waals surface area contributed by atoms with E-state index in [0.29, 0.717) is 0 Å². The van der Waals surface area contributed by atoms with Gasteiger partial charge in [-0.25, -0.2) is 0 Å². The molecule has 77 heavy (non-hydrogen) atoms. The van der Waals surface area contributed by atoms with Crippen LogP contribution in [0.15, 0.2) is 279 Å². The molecule has 2 heteroatoms. The van der Waals surface area contributed by atoms with Crippen molar-refractivity contribution >= 4 is 38.9 Å². The van der Waals surface area contributed by atoms with Crippen LogP contribution < -0.4 is 4.90 Å². The summed E-state index contributed by atoms with van der Waals surface area (Å²) in [6.45, 7) is 4.35. The fraction of sp³-hybridized carbons (Fsp3) is 0.0400. The largest absolute Gasteiger partial charge is 0.309 e. The van der Waals surface area contributed by atoms with Crippen molar-refractivity contribution in [1.82, 2.24) is 4.57 Å². The number of para-hydroxylation sites is 1. The molecule has 1 heterocycles. The Morgan fingerprint density at radius 3 is 1.16 bits per heavy atom. The highest BCUT2D eigenvalue weighted by molar-refractivity contribution is 6.10. The molecule has 0 atom stereocenters. The van der Waals surface area contributed by atoms with Gasteiger partial charge in [-0.05, 0) is 152 Å². The van der Waals surface area contributed by atoms with Crippen LogP contribution in [-0.4, -0.2) is 4.57 Å². The lowest BCUT2D eigenvalue weighted by Crippen LogP contribution is -2.26. The SMILES string of the molecule is Cc1ccc2c(c1)c1cc(C)ccc1n2-c1ccc(-c2ccc(-c3ccc(N(c4ccc5c(c4)C4(c6ccccc6-c6ccccc64)c4ccccc4-5)c4c(-c5ccccc5)cccc4-c4ccccc4)cc3)cc2)cc1. The zero-order valence-electron chi connectivity index (χ0n) is 43.0. The van der Waals surface area contributed by atoms with Gasteiger partial charge in [0.25, 0.3) is 0 Å². The standard InChI is InChI=1S/C75H52N2/c1-49-28-44-72-66(46-49)67-47-50(2)29-45-73(67)77(72)58-40-36-54(37-41-58)52-32-30-51(31-33-52)53-34-38-57(39-35-53)76(74-60(55-16-5-3-6-17-55)23-15-24-61(74)56-18-7-4-8-19-56)59-42-43-65-64-22-11-14-27-70(64)75(71(65)48-59)68-25-12-9-20-62(68)63-21-10-13-26-69(63)75/h3-48H,1-2H3. The van der Waals surface area contributed by atoms with Gasteiger partial charge in [0.15, 0.2) is 0 Å². The zero-order valence-corrected chi connectivity index (χ0v) is 43.0. The molecule has 2 aliphatic rings. The van der Waals surface area contributed by atoms with Crippen molar-refractivity contribution in [2.24, 2.45) is 0 Å². The minimum atomic E-state index is -0.481. The summed E-state index contributed by atoms with van der Waals surface area (Å²) in [5, 5.41) is 2.59. The third-order valence-electron chi connectivity index (χ3n) is 16.5. The molecule has 0 radical (unpaired) electrons. The van der Waals surface area contributed by atoms with Crippen molar-refractivity contribution in [1.29, 1.82) is 0 Å². The maximum absolute atomic E-state index is 2.52. The van der Waals surface area contributed by atoms with Crippen molar-refractivity contribution < 1.29 is 0 Å². The Hall–Kier alpha value is -9.76. The molecular weight excluding hydrogens is 929 g/mol. The minimum absolute atomic E-state index is 0.481. The molecule has 12 aromatic carbocycles. The van der Waals surface area contributed by atoms with Crippen LogP contribution in [0.1, 0.15) is 33.4 Å². The second kappa shape index (κ2) is 17.7. The summed E-state index contributed by atoms with van der Waals surface area (Å²) >= 11 is 0. The van der Waals surface area contributed by atoms with E-state index in [4.69, 9.17) is 0 Å². The van der Waals surface area contributed by atoms with Crippen LogP contribution in [0.5, 0.6) is 0 Å². The molecule has 0 fully saturated rings. The first kappa shape index (κ1) is 44.7. The van der Waals surface area contributed by atoms with E-state index in [9.17, 15) is 0 Å². The van der Waals surface area contributed by atoms with Gasteiger partial charge in [0.05, 0.1) is 22.1 Å². The summed E-state index contributed by atoms with van der Waals surface area (Å²) in [5.74, 6) is 0. The molecule has 0 saturated carbocycles. The van der Waals surface area contributed by atoms with E-state index in [1.165, 1.54) is 94.1 Å². The number of nitrogens with zero attached hydrogens (tertiary/aromatic N) is 2. The molecular formula is C75H52N2. The Kier molecular flexibility index (Phi) is 10.3. The summed E-state index contributed by atoms with van der Waals surface area (Å²) in [5.41, 5.74) is 28.8. The van der Waals surface area contributed by atoms with Crippen molar-refractivity contribution in [2.45, 2.75) is 19.3 Å². The van der Waals surface area contributed by atoms with Crippen molar-refractivity contribution in [2.75, 3.05) is 4.90 Å². The van der Waals surface area contributed by atoms with Crippen LogP contribution in [-0.2, 0) is 5.41 Å². The van der Waals surface area contributed by atoms with E-state index >= 15 is 0 Å². The summed E-state index contributed by atoms with van der Waals surface area (Å²) < 4.78 is 2.40. The number of fused-ring (bicyclic) bond motifs is 13. The minimum Gasteiger partial charge on any atom is -0.309 e. The van der Waals surface area contributed by atoms with Gasteiger partial charge in [0.1, 0.15) is 0 Å². The lowest BCUT2D eigenvalue weighted by molar-refractivity contribution is 0.793. The van der Waals surface area contributed by atoms with Crippen molar-refractivity contribution in [3.63, 3.8) is 0 Å². The molecule has 0 amide bonds. The van der Waals surface area contributed by atoms with Crippen LogP contribution in [0.25, 0.3) is 94.3 Å². The second-order valence-electron chi connectivity index (χ2n) is 20.9. The van der Waals surface area contributed by atoms with Gasteiger partial charge in [0, 0.05) is 39.0 Å². The van der Waals surface area contributed by atoms with E-state index < -0.39 is 5.41 Å². The molecule has 362 valence electrons. The molecule has 0 saturated heterocycles. The highest BCUT2D eigenvalue weighted by atomic mass is 15.1. The molecule has 13 aromatic rings. The Balaban J connectivity index is 0.851. The van der Waals surface area contributed by atoms with E-state index in [1.807, 2.05) is 0 Å². The molecule has 15 rings (SSSR count). The number of aryl methyl sites for hydroxylation is 2. The molecule has 2 nitrogen and oxygen atoms in total. The number of hydrogen-bond donors (Lipinski definition) is 0. The number of benzene rings is 12. The Morgan fingerprint density at radius 1 is 0.286 bits per heavy atom. The third kappa shape index (κ3) is 6.96. The maximum Gasteiger partial charge on any atom is 0.0726 e. The summed E-state index contributed by atoms with van der Waals surface area (Å²) in [7, 11) is 0. The molecule has 0 N–H and O–H groups in total. The van der Waals surface area contributed by atoms with Crippen LogP contribution >= 0.6 is 0 Å². The highest BCUT2D eigenvalue weighted by Gasteiger charge is 2.51. The topological polar surface area (TPSA) is 8.17 Å². The van der Waals surface area contributed by atoms with Crippen molar-refractivity contribution in [3.05, 3.63) is 312 Å². The molecule has 1 aromatic heterocycles. The number of hydrogen-bond acceptors (Lipinski definition) is 1. The lowest BCUT2D eigenvalue weighted by Gasteiger charge is -2.33. The quantitative estimate of drug-likeness (QED) is 0.147. The first-order valence-electron chi connectivity index (χ1n) is 26.8. The fourth-order valence-corrected chi connectivity index (χ4v) is 13.1. The summed E-state index contributed by atoms with van der Waals surface area (Å²) in [6.07, 6.45) is 0. The van der Waals surface area contributed by atoms with Crippen LogP contribution in [0, 0.1) is 13.8 Å². The Bertz CT molecular complexity index is 4250. The molecule has 1 spiro atoms. The van der Waals surface area contributed by atoms with Crippen LogP contribution in [0.4, 0.5) is 17.1 Å². The van der Waals surface area contributed by atoms with Crippen LogP contribution in [0.2, 0.25) is 0 Å². The Labute approximate surface area is 450 Å². The monoisotopic (exact) mass is 980 g/mol. The molecule has 0 aliphatic heterocycles. The Morgan fingerprint density at radius 2 is 0.675 bits per heavy atom. The normalized spacial score (nSPS) is 12.6. The van der Waals surface area contributed by atoms with Gasteiger partial charge >= 0.3 is 0 Å². The average Bonchev–Trinajstić information content (AvgIpc) is 4.31. The number of rotatable bonds is 8. The van der Waals surface area contributed by atoms with Gasteiger partial charge in [-0.15, -0.1) is 0 Å². The van der Waals surface area contributed by atoms with E-state index in [-0.39, 0.29) is 0 Å². The van der Waals surface area contributed by atoms with Gasteiger partial charge in [0.2, 0.25) is 0 Å². The third-order valence-corrected chi connectivity index (χ3v) is 16.5. The second-order valence-corrected chi connectivity index (χ2v) is 20.9. The fourth-order valence-electron chi connectivity index (χ4n) is 13.1. The zero-order chi connectivity index (χ0) is 51.2. The average molecular weight is 981 g/mol. The first-order valence-corrected chi connectivity index (χ1v) is 26.8. The van der Waals surface area contributed by atoms with Gasteiger partial charge in [-0.1, -0.05) is 230 Å². The highest BCUT2D eigenvalue weighted by Crippen LogP contribution is 2.63. The van der Waals surface area contributed by atoms with Gasteiger partial charge in [-0.3, -0.25) is 0 Å². The molecule has 0 unspecified atom stereocenters. The predicted octanol–water partition coefficient (Wildman–Crippen LogP) is 19.9. The smallest absolute Gasteiger partial charge is 0.0726 e. The summed E-state index contributed by atoms with van der Waals surface area (Å²) in [4.78, 5) is 2.52. The molecule has 0 bridgehead atoms. The van der Waals surface area contributed by atoms with E-state index in [1.54, 1.807) is 0 Å². The number of aromatic nitrogens is 1. The maximum atomic E-state index is 2.52. The van der Waals surface area contributed by atoms with E-state index in [2.05, 4.69) is 302 Å². The molecule has 2 aliphatic carbocycles. The lowest BCUT2D eigenvalue weighted by atomic mass is 9.70. The number of anilines is 3. The summed E-state index contributed by atoms with van der Waals surface area (Å²) in [6, 6.07) is 104. The van der Waals surface area contributed by atoms with Gasteiger partial charge < -0.3 is 9.47 Å². The first-order chi connectivity index (χ1) is 38.0. The van der Waals surface area contributed by atoms with Crippen molar-refractivity contribution in [3.8, 4) is 72.4 Å².